The topological polar surface area (TPSA) is 117 Å². The molecule has 44 heavy (non-hydrogen) atoms. The number of aliphatic hydroxyl groups is 2. The number of fused-ring (bicyclic) bond motifs is 1. The summed E-state index contributed by atoms with van der Waals surface area (Å²) in [7, 11) is 0. The van der Waals surface area contributed by atoms with Gasteiger partial charge in [-0.25, -0.2) is 9.18 Å². The number of para-hydroxylation sites is 1. The van der Waals surface area contributed by atoms with Crippen LogP contribution in [-0.4, -0.2) is 52.7 Å². The van der Waals surface area contributed by atoms with E-state index in [4.69, 9.17) is 21.1 Å². The quantitative estimate of drug-likeness (QED) is 0.211. The van der Waals surface area contributed by atoms with Crippen LogP contribution < -0.4 is 15.4 Å². The van der Waals surface area contributed by atoms with Crippen LogP contribution in [0.1, 0.15) is 49.9 Å². The lowest BCUT2D eigenvalue weighted by Crippen LogP contribution is -2.49. The average Bonchev–Trinajstić information content (AvgIpc) is 2.95. The lowest BCUT2D eigenvalue weighted by Gasteiger charge is -2.33. The van der Waals surface area contributed by atoms with Crippen LogP contribution in [0.25, 0.3) is 0 Å². The monoisotopic (exact) mass is 690 g/mol. The van der Waals surface area contributed by atoms with Crippen molar-refractivity contribution in [2.45, 2.75) is 69.9 Å². The largest absolute Gasteiger partial charge is 0.489 e. The highest BCUT2D eigenvalue weighted by molar-refractivity contribution is 9.10. The van der Waals surface area contributed by atoms with Crippen LogP contribution in [0.5, 0.6) is 5.75 Å². The molecule has 4 rings (SSSR count). The van der Waals surface area contributed by atoms with Crippen molar-refractivity contribution >= 4 is 39.5 Å². The van der Waals surface area contributed by atoms with Crippen LogP contribution in [0.3, 0.4) is 0 Å². The van der Waals surface area contributed by atoms with Gasteiger partial charge in [-0.1, -0.05) is 70.0 Å². The van der Waals surface area contributed by atoms with Crippen LogP contribution >= 0.6 is 27.5 Å². The Morgan fingerprint density at radius 3 is 2.48 bits per heavy atom. The molecule has 1 aliphatic heterocycles. The second-order valence-corrected chi connectivity index (χ2v) is 13.2. The number of benzene rings is 3. The predicted octanol–water partition coefficient (Wildman–Crippen LogP) is 5.90. The molecule has 8 nitrogen and oxygen atoms in total. The van der Waals surface area contributed by atoms with Crippen LogP contribution in [0.4, 0.5) is 9.18 Å². The Morgan fingerprint density at radius 2 is 1.80 bits per heavy atom. The van der Waals surface area contributed by atoms with Gasteiger partial charge in [0.2, 0.25) is 5.91 Å². The Morgan fingerprint density at radius 1 is 1.09 bits per heavy atom. The first-order valence-corrected chi connectivity index (χ1v) is 15.5. The molecule has 0 radical (unpaired) electrons. The molecule has 0 aromatic heterocycles. The Labute approximate surface area is 270 Å². The molecule has 0 unspecified atom stereocenters. The average molecular weight is 692 g/mol. The first-order valence-electron chi connectivity index (χ1n) is 14.4. The SMILES string of the molecule is CC(C)(C)OC(=O)N[C@@H](Cc1ccc(Br)cc1)[C@@H](O)C[C@@H](Cc1ccccc1F)C(=O)N[C@H]1c2cccc(Cl)c2OC[C@H]1O. The van der Waals surface area contributed by atoms with Gasteiger partial charge in [0.15, 0.2) is 0 Å². The summed E-state index contributed by atoms with van der Waals surface area (Å²) in [4.78, 5) is 26.7. The fourth-order valence-electron chi connectivity index (χ4n) is 5.12. The van der Waals surface area contributed by atoms with Gasteiger partial charge in [-0.15, -0.1) is 0 Å². The molecule has 0 spiro atoms. The summed E-state index contributed by atoms with van der Waals surface area (Å²) >= 11 is 9.71. The number of carbonyl (C=O) groups excluding carboxylic acids is 2. The third kappa shape index (κ3) is 9.17. The van der Waals surface area contributed by atoms with Crippen molar-refractivity contribution in [3.8, 4) is 5.75 Å². The summed E-state index contributed by atoms with van der Waals surface area (Å²) in [5.41, 5.74) is 0.867. The molecule has 0 saturated heterocycles. The van der Waals surface area contributed by atoms with E-state index in [1.807, 2.05) is 24.3 Å². The van der Waals surface area contributed by atoms with Crippen LogP contribution in [0, 0.1) is 11.7 Å². The fourth-order valence-corrected chi connectivity index (χ4v) is 5.63. The van der Waals surface area contributed by atoms with Gasteiger partial charge in [-0.3, -0.25) is 4.79 Å². The first-order chi connectivity index (χ1) is 20.8. The standard InChI is InChI=1S/C33H37BrClFN2O6/c1-33(2,3)44-32(42)37-26(15-19-11-13-22(34)14-12-19)27(39)17-21(16-20-7-4-5-10-25(20)36)31(41)38-29-23-8-6-9-24(35)30(23)43-18-28(29)40/h4-14,21,26-29,39-40H,15-18H2,1-3H3,(H,37,42)(H,38,41)/t21-,26+,27+,28-,29+/m1/s1. The minimum absolute atomic E-state index is 0.0330. The lowest BCUT2D eigenvalue weighted by atomic mass is 9.87. The molecule has 0 saturated carbocycles. The van der Waals surface area contributed by atoms with Crippen molar-refractivity contribution in [3.05, 3.63) is 98.7 Å². The molecule has 3 aromatic rings. The molecule has 2 amide bonds. The fraction of sp³-hybridized carbons (Fsp3) is 0.394. The van der Waals surface area contributed by atoms with Crippen LogP contribution in [-0.2, 0) is 22.4 Å². The summed E-state index contributed by atoms with van der Waals surface area (Å²) in [6.07, 6.45) is -2.93. The molecule has 236 valence electrons. The van der Waals surface area contributed by atoms with Crippen LogP contribution in [0.2, 0.25) is 5.02 Å². The Bertz CT molecular complexity index is 1450. The molecule has 5 atom stereocenters. The van der Waals surface area contributed by atoms with Gasteiger partial charge in [0.05, 0.1) is 23.2 Å². The molecule has 3 aromatic carbocycles. The van der Waals surface area contributed by atoms with E-state index in [1.165, 1.54) is 6.07 Å². The van der Waals surface area contributed by atoms with E-state index < -0.39 is 53.6 Å². The first kappa shape index (κ1) is 33.7. The summed E-state index contributed by atoms with van der Waals surface area (Å²) in [6, 6.07) is 16.9. The maximum Gasteiger partial charge on any atom is 0.407 e. The summed E-state index contributed by atoms with van der Waals surface area (Å²) < 4.78 is 26.7. The number of aliphatic hydroxyl groups excluding tert-OH is 2. The van der Waals surface area contributed by atoms with E-state index in [-0.39, 0.29) is 25.9 Å². The summed E-state index contributed by atoms with van der Waals surface area (Å²) in [5.74, 6) is -1.57. The zero-order valence-electron chi connectivity index (χ0n) is 24.7. The molecule has 0 fully saturated rings. The van der Waals surface area contributed by atoms with Crippen molar-refractivity contribution in [3.63, 3.8) is 0 Å². The maximum atomic E-state index is 14.8. The normalized spacial score (nSPS) is 18.3. The maximum absolute atomic E-state index is 14.8. The number of ether oxygens (including phenoxy) is 2. The molecule has 4 N–H and O–H groups in total. The number of amides is 2. The Kier molecular flexibility index (Phi) is 11.3. The molecule has 0 bridgehead atoms. The van der Waals surface area contributed by atoms with Crippen molar-refractivity contribution in [2.24, 2.45) is 5.92 Å². The highest BCUT2D eigenvalue weighted by Crippen LogP contribution is 2.38. The van der Waals surface area contributed by atoms with E-state index in [1.54, 1.807) is 57.2 Å². The number of nitrogens with one attached hydrogen (secondary N) is 2. The zero-order chi connectivity index (χ0) is 32.0. The number of halogens is 3. The van der Waals surface area contributed by atoms with Gasteiger partial charge in [0.25, 0.3) is 0 Å². The van der Waals surface area contributed by atoms with Gasteiger partial charge < -0.3 is 30.3 Å². The van der Waals surface area contributed by atoms with Crippen molar-refractivity contribution in [1.29, 1.82) is 0 Å². The highest BCUT2D eigenvalue weighted by Gasteiger charge is 2.36. The van der Waals surface area contributed by atoms with Gasteiger partial charge in [0.1, 0.15) is 29.9 Å². The minimum atomic E-state index is -1.23. The second kappa shape index (κ2) is 14.7. The van der Waals surface area contributed by atoms with E-state index in [9.17, 15) is 24.2 Å². The van der Waals surface area contributed by atoms with Gasteiger partial charge in [-0.05, 0) is 75.4 Å². The van der Waals surface area contributed by atoms with Gasteiger partial charge in [0, 0.05) is 16.0 Å². The molecule has 1 heterocycles. The van der Waals surface area contributed by atoms with Crippen molar-refractivity contribution < 1.29 is 33.7 Å². The zero-order valence-corrected chi connectivity index (χ0v) is 27.1. The van der Waals surface area contributed by atoms with E-state index >= 15 is 0 Å². The molecule has 0 aliphatic carbocycles. The van der Waals surface area contributed by atoms with Crippen molar-refractivity contribution in [1.82, 2.24) is 10.6 Å². The Hall–Kier alpha value is -3.18. The molecule has 1 aliphatic rings. The Balaban J connectivity index is 1.61. The summed E-state index contributed by atoms with van der Waals surface area (Å²) in [6.45, 7) is 5.12. The lowest BCUT2D eigenvalue weighted by molar-refractivity contribution is -0.128. The van der Waals surface area contributed by atoms with E-state index in [2.05, 4.69) is 26.6 Å². The number of rotatable bonds is 10. The molecular weight excluding hydrogens is 655 g/mol. The third-order valence-electron chi connectivity index (χ3n) is 7.27. The number of hydrogen-bond donors (Lipinski definition) is 4. The van der Waals surface area contributed by atoms with Crippen molar-refractivity contribution in [2.75, 3.05) is 6.61 Å². The van der Waals surface area contributed by atoms with Gasteiger partial charge in [-0.2, -0.15) is 0 Å². The predicted molar refractivity (Wildman–Crippen MR) is 169 cm³/mol. The second-order valence-electron chi connectivity index (χ2n) is 11.9. The van der Waals surface area contributed by atoms with Gasteiger partial charge >= 0.3 is 6.09 Å². The minimum Gasteiger partial charge on any atom is -0.489 e. The number of carbonyl (C=O) groups is 2. The van der Waals surface area contributed by atoms with E-state index in [0.717, 1.165) is 10.0 Å². The number of alkyl carbamates (subject to hydrolysis) is 1. The molecular formula is C33H37BrClFN2O6. The number of hydrogen-bond acceptors (Lipinski definition) is 6. The molecule has 11 heteroatoms. The summed E-state index contributed by atoms with van der Waals surface area (Å²) in [5, 5.41) is 28.3. The van der Waals surface area contributed by atoms with E-state index in [0.29, 0.717) is 21.9 Å². The van der Waals surface area contributed by atoms with Crippen LogP contribution in [0.15, 0.2) is 71.2 Å². The highest BCUT2D eigenvalue weighted by atomic mass is 79.9. The smallest absolute Gasteiger partial charge is 0.407 e. The third-order valence-corrected chi connectivity index (χ3v) is 8.10.